The molecule has 0 heterocycles. The number of anilines is 1. The van der Waals surface area contributed by atoms with Crippen LogP contribution < -0.4 is 10.0 Å². The zero-order chi connectivity index (χ0) is 20.4. The largest absolute Gasteiger partial charge is 0.416 e. The number of benzene rings is 2. The van der Waals surface area contributed by atoms with Crippen LogP contribution in [-0.2, 0) is 21.0 Å². The lowest BCUT2D eigenvalue weighted by Gasteiger charge is -2.14. The van der Waals surface area contributed by atoms with Crippen LogP contribution in [0, 0.1) is 20.8 Å². The van der Waals surface area contributed by atoms with E-state index in [-0.39, 0.29) is 0 Å². The molecule has 27 heavy (non-hydrogen) atoms. The van der Waals surface area contributed by atoms with Crippen LogP contribution in [0.1, 0.15) is 22.3 Å². The molecule has 0 saturated heterocycles. The van der Waals surface area contributed by atoms with Gasteiger partial charge in [-0.25, -0.2) is 13.1 Å². The van der Waals surface area contributed by atoms with Crippen molar-refractivity contribution in [2.75, 3.05) is 11.9 Å². The molecule has 1 amide bonds. The van der Waals surface area contributed by atoms with E-state index in [1.54, 1.807) is 0 Å². The molecule has 0 spiro atoms. The number of nitrogens with one attached hydrogen (secondary N) is 2. The summed E-state index contributed by atoms with van der Waals surface area (Å²) in [5, 5.41) is 2.62. The van der Waals surface area contributed by atoms with Gasteiger partial charge in [0.1, 0.15) is 0 Å². The molecule has 0 fully saturated rings. The molecule has 0 aliphatic rings. The van der Waals surface area contributed by atoms with Crippen molar-refractivity contribution in [3.63, 3.8) is 0 Å². The number of carbonyl (C=O) groups excluding carboxylic acids is 1. The molecule has 0 bridgehead atoms. The average Bonchev–Trinajstić information content (AvgIpc) is 2.56. The molecular weight excluding hydrogens is 381 g/mol. The number of hydrogen-bond donors (Lipinski definition) is 2. The molecule has 9 heteroatoms. The summed E-state index contributed by atoms with van der Waals surface area (Å²) in [5.41, 5.74) is 2.15. The Bertz CT molecular complexity index is 947. The highest BCUT2D eigenvalue weighted by Crippen LogP contribution is 2.30. The summed E-state index contributed by atoms with van der Waals surface area (Å²) >= 11 is 0. The molecule has 0 aromatic heterocycles. The van der Waals surface area contributed by atoms with Gasteiger partial charge < -0.3 is 5.32 Å². The van der Waals surface area contributed by atoms with Crippen LogP contribution >= 0.6 is 0 Å². The second kappa shape index (κ2) is 7.69. The number of halogens is 3. The molecule has 2 rings (SSSR count). The summed E-state index contributed by atoms with van der Waals surface area (Å²) in [4.78, 5) is 11.5. The van der Waals surface area contributed by atoms with Crippen molar-refractivity contribution in [1.29, 1.82) is 0 Å². The second-order valence-corrected chi connectivity index (χ2v) is 7.94. The summed E-state index contributed by atoms with van der Waals surface area (Å²) in [6, 6.07) is 7.06. The first kappa shape index (κ1) is 20.9. The molecule has 146 valence electrons. The van der Waals surface area contributed by atoms with Gasteiger partial charge in [0.15, 0.2) is 0 Å². The number of hydrogen-bond acceptors (Lipinski definition) is 3. The maximum atomic E-state index is 12.7. The summed E-state index contributed by atoms with van der Waals surface area (Å²) in [7, 11) is -4.27. The Labute approximate surface area is 155 Å². The minimum absolute atomic E-state index is 0.522. The van der Waals surface area contributed by atoms with Gasteiger partial charge in [-0.2, -0.15) is 13.2 Å². The maximum Gasteiger partial charge on any atom is 0.416 e. The lowest BCUT2D eigenvalue weighted by Crippen LogP contribution is -2.33. The SMILES string of the molecule is Cc1cc(C)c(NC(=O)CNS(=O)(=O)c2cccc(C(F)(F)F)c2)c(C)c1. The van der Waals surface area contributed by atoms with Crippen LogP contribution in [-0.4, -0.2) is 20.9 Å². The van der Waals surface area contributed by atoms with Crippen LogP contribution in [0.5, 0.6) is 0 Å². The minimum Gasteiger partial charge on any atom is -0.324 e. The van der Waals surface area contributed by atoms with Gasteiger partial charge in [0.2, 0.25) is 15.9 Å². The lowest BCUT2D eigenvalue weighted by molar-refractivity contribution is -0.137. The third-order valence-electron chi connectivity index (χ3n) is 3.84. The van der Waals surface area contributed by atoms with Crippen LogP contribution in [0.25, 0.3) is 0 Å². The Morgan fingerprint density at radius 2 is 1.63 bits per heavy atom. The molecule has 5 nitrogen and oxygen atoms in total. The number of alkyl halides is 3. The Hall–Kier alpha value is -2.39. The maximum absolute atomic E-state index is 12.7. The normalized spacial score (nSPS) is 12.1. The lowest BCUT2D eigenvalue weighted by atomic mass is 10.1. The first-order valence-electron chi connectivity index (χ1n) is 7.95. The Kier molecular flexibility index (Phi) is 5.96. The van der Waals surface area contributed by atoms with Crippen molar-refractivity contribution in [2.24, 2.45) is 0 Å². The molecule has 0 radical (unpaired) electrons. The summed E-state index contributed by atoms with van der Waals surface area (Å²) in [5.74, 6) is -0.624. The molecule has 2 aromatic rings. The molecule has 0 unspecified atom stereocenters. The van der Waals surface area contributed by atoms with E-state index in [2.05, 4.69) is 5.32 Å². The van der Waals surface area contributed by atoms with Crippen LogP contribution in [0.15, 0.2) is 41.3 Å². The zero-order valence-electron chi connectivity index (χ0n) is 14.9. The smallest absolute Gasteiger partial charge is 0.324 e. The third kappa shape index (κ3) is 5.30. The van der Waals surface area contributed by atoms with Gasteiger partial charge in [-0.05, 0) is 50.1 Å². The highest BCUT2D eigenvalue weighted by Gasteiger charge is 2.31. The van der Waals surface area contributed by atoms with E-state index in [4.69, 9.17) is 0 Å². The predicted molar refractivity (Wildman–Crippen MR) is 95.9 cm³/mol. The molecule has 2 N–H and O–H groups in total. The van der Waals surface area contributed by atoms with Gasteiger partial charge in [0.25, 0.3) is 0 Å². The number of carbonyl (C=O) groups is 1. The quantitative estimate of drug-likeness (QED) is 0.806. The number of sulfonamides is 1. The summed E-state index contributed by atoms with van der Waals surface area (Å²) in [6.45, 7) is 4.92. The van der Waals surface area contributed by atoms with Crippen molar-refractivity contribution in [1.82, 2.24) is 4.72 Å². The van der Waals surface area contributed by atoms with Gasteiger partial charge >= 0.3 is 6.18 Å². The summed E-state index contributed by atoms with van der Waals surface area (Å²) in [6.07, 6.45) is -4.66. The molecule has 2 aromatic carbocycles. The minimum atomic E-state index is -4.66. The fourth-order valence-electron chi connectivity index (χ4n) is 2.64. The van der Waals surface area contributed by atoms with Crippen molar-refractivity contribution >= 4 is 21.6 Å². The van der Waals surface area contributed by atoms with Gasteiger partial charge in [-0.3, -0.25) is 4.79 Å². The zero-order valence-corrected chi connectivity index (χ0v) is 15.8. The Morgan fingerprint density at radius 3 is 2.19 bits per heavy atom. The van der Waals surface area contributed by atoms with Gasteiger partial charge in [0.05, 0.1) is 17.0 Å². The average molecular weight is 400 g/mol. The second-order valence-electron chi connectivity index (χ2n) is 6.17. The van der Waals surface area contributed by atoms with Gasteiger partial charge in [-0.15, -0.1) is 0 Å². The van der Waals surface area contributed by atoms with Crippen molar-refractivity contribution < 1.29 is 26.4 Å². The number of rotatable bonds is 5. The van der Waals surface area contributed by atoms with Crippen molar-refractivity contribution in [3.8, 4) is 0 Å². The van der Waals surface area contributed by atoms with Crippen molar-refractivity contribution in [3.05, 3.63) is 58.7 Å². The third-order valence-corrected chi connectivity index (χ3v) is 5.23. The van der Waals surface area contributed by atoms with Gasteiger partial charge in [0, 0.05) is 5.69 Å². The highest BCUT2D eigenvalue weighted by molar-refractivity contribution is 7.89. The fraction of sp³-hybridized carbons (Fsp3) is 0.278. The molecular formula is C18H19F3N2O3S. The molecule has 0 atom stereocenters. The van der Waals surface area contributed by atoms with Crippen molar-refractivity contribution in [2.45, 2.75) is 31.8 Å². The van der Waals surface area contributed by atoms with E-state index in [0.717, 1.165) is 34.9 Å². The topological polar surface area (TPSA) is 75.3 Å². The highest BCUT2D eigenvalue weighted by atomic mass is 32.2. The van der Waals surface area contributed by atoms with Crippen LogP contribution in [0.2, 0.25) is 0 Å². The van der Waals surface area contributed by atoms with Crippen LogP contribution in [0.4, 0.5) is 18.9 Å². The molecule has 0 aliphatic heterocycles. The van der Waals surface area contributed by atoms with E-state index in [1.165, 1.54) is 0 Å². The fourth-order valence-corrected chi connectivity index (χ4v) is 3.67. The molecule has 0 aliphatic carbocycles. The van der Waals surface area contributed by atoms with E-state index in [1.807, 2.05) is 37.6 Å². The molecule has 0 saturated carbocycles. The predicted octanol–water partition coefficient (Wildman–Crippen LogP) is 3.55. The monoisotopic (exact) mass is 400 g/mol. The van der Waals surface area contributed by atoms with E-state index < -0.39 is 39.1 Å². The first-order chi connectivity index (χ1) is 12.4. The standard InChI is InChI=1S/C18H19F3N2O3S/c1-11-7-12(2)17(13(3)8-11)23-16(24)10-22-27(25,26)15-6-4-5-14(9-15)18(19,20)21/h4-9,22H,10H2,1-3H3,(H,23,24). The van der Waals surface area contributed by atoms with E-state index in [0.29, 0.717) is 11.8 Å². The van der Waals surface area contributed by atoms with E-state index >= 15 is 0 Å². The Morgan fingerprint density at radius 1 is 1.04 bits per heavy atom. The number of aryl methyl sites for hydroxylation is 3. The Balaban J connectivity index is 2.11. The summed E-state index contributed by atoms with van der Waals surface area (Å²) < 4.78 is 64.6. The van der Waals surface area contributed by atoms with Gasteiger partial charge in [-0.1, -0.05) is 23.8 Å². The first-order valence-corrected chi connectivity index (χ1v) is 9.43. The number of amides is 1. The van der Waals surface area contributed by atoms with E-state index in [9.17, 15) is 26.4 Å². The van der Waals surface area contributed by atoms with Crippen LogP contribution in [0.3, 0.4) is 0 Å².